The van der Waals surface area contributed by atoms with Crippen molar-refractivity contribution < 1.29 is 14.3 Å². The number of nitrogens with zero attached hydrogens (tertiary/aromatic N) is 3. The minimum Gasteiger partial charge on any atom is -0.497 e. The van der Waals surface area contributed by atoms with Crippen LogP contribution < -0.4 is 9.64 Å². The molecule has 2 aromatic carbocycles. The van der Waals surface area contributed by atoms with Crippen LogP contribution in [0, 0.1) is 0 Å². The van der Waals surface area contributed by atoms with Crippen LogP contribution in [-0.4, -0.2) is 62.3 Å². The van der Waals surface area contributed by atoms with Crippen LogP contribution in [0.15, 0.2) is 42.5 Å². The Morgan fingerprint density at radius 3 is 2.83 bits per heavy atom. The fourth-order valence-electron chi connectivity index (χ4n) is 3.49. The van der Waals surface area contributed by atoms with E-state index in [4.69, 9.17) is 26.1 Å². The average Bonchev–Trinajstić information content (AvgIpc) is 3.22. The minimum absolute atomic E-state index is 0.0916. The van der Waals surface area contributed by atoms with Crippen LogP contribution in [0.25, 0.3) is 10.2 Å². The van der Waals surface area contributed by atoms with E-state index >= 15 is 0 Å². The minimum atomic E-state index is -0.0916. The van der Waals surface area contributed by atoms with Crippen LogP contribution in [-0.2, 0) is 4.74 Å². The topological polar surface area (TPSA) is 54.9 Å². The lowest BCUT2D eigenvalue weighted by atomic mass is 10.2. The molecule has 1 aliphatic heterocycles. The standard InChI is InChI=1S/C22H24ClN3O3S/c1-28-17-6-2-5-16(15-17)21(27)26(10-4-9-25-11-13-29-14-12-25)22-24-20-18(23)7-3-8-19(20)30-22/h2-3,5-8,15H,4,9-14H2,1H3. The third-order valence-corrected chi connectivity index (χ3v) is 6.46. The Morgan fingerprint density at radius 1 is 1.27 bits per heavy atom. The molecule has 30 heavy (non-hydrogen) atoms. The lowest BCUT2D eigenvalue weighted by molar-refractivity contribution is 0.0376. The maximum absolute atomic E-state index is 13.4. The Hall–Kier alpha value is -2.19. The molecular weight excluding hydrogens is 422 g/mol. The molecule has 1 fully saturated rings. The van der Waals surface area contributed by atoms with E-state index in [0.717, 1.165) is 49.5 Å². The zero-order chi connectivity index (χ0) is 20.9. The lowest BCUT2D eigenvalue weighted by Gasteiger charge is -2.27. The first-order chi connectivity index (χ1) is 14.7. The SMILES string of the molecule is COc1cccc(C(=O)N(CCCN2CCOCC2)c2nc3c(Cl)cccc3s2)c1. The summed E-state index contributed by atoms with van der Waals surface area (Å²) in [6.45, 7) is 4.88. The number of benzene rings is 2. The second-order valence-corrected chi connectivity index (χ2v) is 8.50. The number of methoxy groups -OCH3 is 1. The van der Waals surface area contributed by atoms with Crippen molar-refractivity contribution in [3.63, 3.8) is 0 Å². The van der Waals surface area contributed by atoms with Gasteiger partial charge in [0.25, 0.3) is 5.91 Å². The fraction of sp³-hybridized carbons (Fsp3) is 0.364. The molecule has 158 valence electrons. The predicted octanol–water partition coefficient (Wildman–Crippen LogP) is 4.33. The third kappa shape index (κ3) is 4.75. The molecule has 1 aromatic heterocycles. The Kier molecular flexibility index (Phi) is 6.84. The van der Waals surface area contributed by atoms with Gasteiger partial charge in [-0.05, 0) is 36.8 Å². The molecule has 0 spiro atoms. The van der Waals surface area contributed by atoms with Crippen molar-refractivity contribution in [3.8, 4) is 5.75 Å². The highest BCUT2D eigenvalue weighted by atomic mass is 35.5. The predicted molar refractivity (Wildman–Crippen MR) is 121 cm³/mol. The van der Waals surface area contributed by atoms with E-state index in [1.807, 2.05) is 30.3 Å². The van der Waals surface area contributed by atoms with Gasteiger partial charge in [-0.2, -0.15) is 0 Å². The number of morpholine rings is 1. The molecule has 1 saturated heterocycles. The van der Waals surface area contributed by atoms with Crippen molar-refractivity contribution in [1.29, 1.82) is 0 Å². The highest BCUT2D eigenvalue weighted by Gasteiger charge is 2.22. The van der Waals surface area contributed by atoms with Gasteiger partial charge in [-0.25, -0.2) is 4.98 Å². The quantitative estimate of drug-likeness (QED) is 0.542. The van der Waals surface area contributed by atoms with Crippen LogP contribution >= 0.6 is 22.9 Å². The van der Waals surface area contributed by atoms with E-state index < -0.39 is 0 Å². The molecule has 0 unspecified atom stereocenters. The summed E-state index contributed by atoms with van der Waals surface area (Å²) in [7, 11) is 1.60. The average molecular weight is 446 g/mol. The third-order valence-electron chi connectivity index (χ3n) is 5.11. The first-order valence-electron chi connectivity index (χ1n) is 9.97. The number of aromatic nitrogens is 1. The molecule has 8 heteroatoms. The van der Waals surface area contributed by atoms with E-state index in [1.165, 1.54) is 11.3 Å². The largest absolute Gasteiger partial charge is 0.497 e. The molecule has 6 nitrogen and oxygen atoms in total. The van der Waals surface area contributed by atoms with Crippen molar-refractivity contribution in [1.82, 2.24) is 9.88 Å². The van der Waals surface area contributed by atoms with Crippen LogP contribution in [0.4, 0.5) is 5.13 Å². The summed E-state index contributed by atoms with van der Waals surface area (Å²) in [5.41, 5.74) is 1.31. The van der Waals surface area contributed by atoms with Gasteiger partial charge in [0.15, 0.2) is 5.13 Å². The van der Waals surface area contributed by atoms with Gasteiger partial charge in [0, 0.05) is 31.7 Å². The second kappa shape index (κ2) is 9.75. The summed E-state index contributed by atoms with van der Waals surface area (Å²) < 4.78 is 11.7. The molecule has 1 amide bonds. The van der Waals surface area contributed by atoms with Crippen LogP contribution in [0.1, 0.15) is 16.8 Å². The highest BCUT2D eigenvalue weighted by molar-refractivity contribution is 7.22. The van der Waals surface area contributed by atoms with Crippen LogP contribution in [0.3, 0.4) is 0 Å². The summed E-state index contributed by atoms with van der Waals surface area (Å²) in [5, 5.41) is 1.25. The van der Waals surface area contributed by atoms with Crippen molar-refractivity contribution in [2.45, 2.75) is 6.42 Å². The van der Waals surface area contributed by atoms with Crippen LogP contribution in [0.5, 0.6) is 5.75 Å². The lowest BCUT2D eigenvalue weighted by Crippen LogP contribution is -2.39. The van der Waals surface area contributed by atoms with Gasteiger partial charge in [0.2, 0.25) is 0 Å². The zero-order valence-electron chi connectivity index (χ0n) is 16.8. The monoisotopic (exact) mass is 445 g/mol. The van der Waals surface area contributed by atoms with E-state index in [9.17, 15) is 4.79 Å². The molecule has 4 rings (SSSR count). The highest BCUT2D eigenvalue weighted by Crippen LogP contribution is 2.33. The molecular formula is C22H24ClN3O3S. The number of hydrogen-bond acceptors (Lipinski definition) is 6. The number of carbonyl (C=O) groups excluding carboxylic acids is 1. The normalized spacial score (nSPS) is 14.7. The zero-order valence-corrected chi connectivity index (χ0v) is 18.4. The summed E-state index contributed by atoms with van der Waals surface area (Å²) in [4.78, 5) is 22.2. The van der Waals surface area contributed by atoms with Gasteiger partial charge in [-0.1, -0.05) is 35.1 Å². The molecule has 0 radical (unpaired) electrons. The fourth-order valence-corrected chi connectivity index (χ4v) is 4.78. The van der Waals surface area contributed by atoms with Crippen molar-refractivity contribution >= 4 is 44.2 Å². The molecule has 3 aromatic rings. The number of fused-ring (bicyclic) bond motifs is 1. The number of hydrogen-bond donors (Lipinski definition) is 0. The molecule has 0 aliphatic carbocycles. The van der Waals surface area contributed by atoms with E-state index in [0.29, 0.717) is 28.0 Å². The van der Waals surface area contributed by atoms with E-state index in [-0.39, 0.29) is 5.91 Å². The second-order valence-electron chi connectivity index (χ2n) is 7.08. The Bertz CT molecular complexity index is 1020. The number of halogens is 1. The molecule has 2 heterocycles. The number of para-hydroxylation sites is 1. The summed E-state index contributed by atoms with van der Waals surface area (Å²) in [6.07, 6.45) is 0.847. The van der Waals surface area contributed by atoms with Crippen molar-refractivity contribution in [2.75, 3.05) is 51.4 Å². The van der Waals surface area contributed by atoms with Gasteiger partial charge in [0.1, 0.15) is 11.3 Å². The first kappa shape index (κ1) is 21.1. The van der Waals surface area contributed by atoms with Crippen molar-refractivity contribution in [3.05, 3.63) is 53.1 Å². The summed E-state index contributed by atoms with van der Waals surface area (Å²) >= 11 is 7.81. The Labute approximate surface area is 185 Å². The Morgan fingerprint density at radius 2 is 2.07 bits per heavy atom. The number of rotatable bonds is 7. The van der Waals surface area contributed by atoms with Crippen molar-refractivity contribution in [2.24, 2.45) is 0 Å². The molecule has 0 N–H and O–H groups in total. The molecule has 0 bridgehead atoms. The van der Waals surface area contributed by atoms with E-state index in [1.54, 1.807) is 24.1 Å². The van der Waals surface area contributed by atoms with Gasteiger partial charge in [0.05, 0.1) is 30.0 Å². The molecule has 0 saturated carbocycles. The molecule has 1 aliphatic rings. The number of thiazole rings is 1. The van der Waals surface area contributed by atoms with Gasteiger partial charge < -0.3 is 9.47 Å². The number of carbonyl (C=O) groups is 1. The maximum atomic E-state index is 13.4. The first-order valence-corrected chi connectivity index (χ1v) is 11.2. The summed E-state index contributed by atoms with van der Waals surface area (Å²) in [6, 6.07) is 12.9. The molecule has 0 atom stereocenters. The summed E-state index contributed by atoms with van der Waals surface area (Å²) in [5.74, 6) is 0.563. The van der Waals surface area contributed by atoms with Gasteiger partial charge in [-0.3, -0.25) is 14.6 Å². The number of amides is 1. The van der Waals surface area contributed by atoms with Gasteiger partial charge >= 0.3 is 0 Å². The maximum Gasteiger partial charge on any atom is 0.260 e. The van der Waals surface area contributed by atoms with E-state index in [2.05, 4.69) is 4.90 Å². The Balaban J connectivity index is 1.59. The van der Waals surface area contributed by atoms with Crippen LogP contribution in [0.2, 0.25) is 5.02 Å². The number of anilines is 1. The smallest absolute Gasteiger partial charge is 0.260 e. The van der Waals surface area contributed by atoms with Gasteiger partial charge in [-0.15, -0.1) is 0 Å². The number of ether oxygens (including phenoxy) is 2.